The standard InChI is InChI=1S/C17H17NO4/c1-2-18(10-14-7-8-20-11-14)17(19)6-4-13-3-5-15-16(9-13)22-12-21-15/h3-9,11H,2,10,12H2,1H3/b6-4+. The van der Waals surface area contributed by atoms with Crippen LogP contribution in [-0.2, 0) is 11.3 Å². The Morgan fingerprint density at radius 2 is 2.14 bits per heavy atom. The summed E-state index contributed by atoms with van der Waals surface area (Å²) in [7, 11) is 0. The molecular formula is C17H17NO4. The van der Waals surface area contributed by atoms with Crippen molar-refractivity contribution >= 4 is 12.0 Å². The third kappa shape index (κ3) is 3.14. The number of amides is 1. The molecular weight excluding hydrogens is 282 g/mol. The van der Waals surface area contributed by atoms with Crippen LogP contribution in [0.4, 0.5) is 0 Å². The van der Waals surface area contributed by atoms with E-state index in [9.17, 15) is 4.79 Å². The van der Waals surface area contributed by atoms with Gasteiger partial charge in [0, 0.05) is 24.7 Å². The summed E-state index contributed by atoms with van der Waals surface area (Å²) in [5.74, 6) is 1.40. The molecule has 0 saturated heterocycles. The molecule has 0 saturated carbocycles. The van der Waals surface area contributed by atoms with E-state index < -0.39 is 0 Å². The van der Waals surface area contributed by atoms with Crippen LogP contribution in [0.5, 0.6) is 11.5 Å². The Kier molecular flexibility index (Phi) is 4.14. The van der Waals surface area contributed by atoms with Gasteiger partial charge >= 0.3 is 0 Å². The molecule has 5 heteroatoms. The van der Waals surface area contributed by atoms with E-state index in [1.54, 1.807) is 29.6 Å². The highest BCUT2D eigenvalue weighted by Gasteiger charge is 2.13. The number of rotatable bonds is 5. The molecule has 3 rings (SSSR count). The highest BCUT2D eigenvalue weighted by molar-refractivity contribution is 5.91. The Labute approximate surface area is 128 Å². The lowest BCUT2D eigenvalue weighted by Crippen LogP contribution is -2.28. The van der Waals surface area contributed by atoms with Gasteiger partial charge in [0.2, 0.25) is 12.7 Å². The average Bonchev–Trinajstić information content (AvgIpc) is 3.20. The molecule has 2 aromatic rings. The van der Waals surface area contributed by atoms with E-state index in [-0.39, 0.29) is 12.7 Å². The van der Waals surface area contributed by atoms with Crippen molar-refractivity contribution in [3.63, 3.8) is 0 Å². The minimum Gasteiger partial charge on any atom is -0.472 e. The first-order valence-corrected chi connectivity index (χ1v) is 7.14. The number of nitrogens with zero attached hydrogens (tertiary/aromatic N) is 1. The zero-order valence-corrected chi connectivity index (χ0v) is 12.3. The van der Waals surface area contributed by atoms with Crippen molar-refractivity contribution in [3.8, 4) is 11.5 Å². The van der Waals surface area contributed by atoms with E-state index in [1.807, 2.05) is 31.2 Å². The van der Waals surface area contributed by atoms with Gasteiger partial charge < -0.3 is 18.8 Å². The number of ether oxygens (including phenoxy) is 2. The minimum atomic E-state index is -0.0404. The van der Waals surface area contributed by atoms with Gasteiger partial charge in [-0.2, -0.15) is 0 Å². The van der Waals surface area contributed by atoms with Crippen LogP contribution >= 0.6 is 0 Å². The third-order valence-electron chi connectivity index (χ3n) is 3.46. The van der Waals surface area contributed by atoms with Crippen LogP contribution in [0.25, 0.3) is 6.08 Å². The summed E-state index contributed by atoms with van der Waals surface area (Å²) in [6.07, 6.45) is 6.61. The molecule has 0 bridgehead atoms. The second kappa shape index (κ2) is 6.39. The fourth-order valence-electron chi connectivity index (χ4n) is 2.24. The van der Waals surface area contributed by atoms with Crippen molar-refractivity contribution in [2.75, 3.05) is 13.3 Å². The number of carbonyl (C=O) groups is 1. The Morgan fingerprint density at radius 3 is 2.91 bits per heavy atom. The molecule has 0 radical (unpaired) electrons. The lowest BCUT2D eigenvalue weighted by atomic mass is 10.2. The molecule has 1 aliphatic heterocycles. The molecule has 0 aliphatic carbocycles. The van der Waals surface area contributed by atoms with Gasteiger partial charge in [0.25, 0.3) is 0 Å². The summed E-state index contributed by atoms with van der Waals surface area (Å²) >= 11 is 0. The van der Waals surface area contributed by atoms with Crippen LogP contribution in [-0.4, -0.2) is 24.1 Å². The minimum absolute atomic E-state index is 0.0404. The van der Waals surface area contributed by atoms with Gasteiger partial charge in [-0.3, -0.25) is 4.79 Å². The van der Waals surface area contributed by atoms with Gasteiger partial charge in [-0.1, -0.05) is 6.07 Å². The maximum Gasteiger partial charge on any atom is 0.246 e. The fourth-order valence-corrected chi connectivity index (χ4v) is 2.24. The van der Waals surface area contributed by atoms with E-state index >= 15 is 0 Å². The Morgan fingerprint density at radius 1 is 1.27 bits per heavy atom. The Hall–Kier alpha value is -2.69. The van der Waals surface area contributed by atoms with Crippen molar-refractivity contribution in [3.05, 3.63) is 54.0 Å². The van der Waals surface area contributed by atoms with E-state index in [0.29, 0.717) is 18.8 Å². The molecule has 5 nitrogen and oxygen atoms in total. The Balaban J connectivity index is 1.66. The molecule has 0 N–H and O–H groups in total. The first-order chi connectivity index (χ1) is 10.8. The lowest BCUT2D eigenvalue weighted by Gasteiger charge is -2.18. The molecule has 114 valence electrons. The Bertz CT molecular complexity index is 676. The van der Waals surface area contributed by atoms with Gasteiger partial charge in [-0.25, -0.2) is 0 Å². The number of benzene rings is 1. The smallest absolute Gasteiger partial charge is 0.246 e. The molecule has 0 unspecified atom stereocenters. The summed E-state index contributed by atoms with van der Waals surface area (Å²) in [6, 6.07) is 7.45. The summed E-state index contributed by atoms with van der Waals surface area (Å²) in [5, 5.41) is 0. The molecule has 1 aliphatic rings. The average molecular weight is 299 g/mol. The van der Waals surface area contributed by atoms with Crippen molar-refractivity contribution in [2.45, 2.75) is 13.5 Å². The molecule has 22 heavy (non-hydrogen) atoms. The second-order valence-corrected chi connectivity index (χ2v) is 4.93. The molecule has 0 atom stereocenters. The SMILES string of the molecule is CCN(Cc1ccoc1)C(=O)/C=C/c1ccc2c(c1)OCO2. The quantitative estimate of drug-likeness (QED) is 0.796. The van der Waals surface area contributed by atoms with Gasteiger partial charge in [0.15, 0.2) is 11.5 Å². The van der Waals surface area contributed by atoms with Crippen molar-refractivity contribution in [1.82, 2.24) is 4.90 Å². The number of likely N-dealkylation sites (N-methyl/N-ethyl adjacent to an activating group) is 1. The van der Waals surface area contributed by atoms with Crippen LogP contribution < -0.4 is 9.47 Å². The van der Waals surface area contributed by atoms with Crippen molar-refractivity contribution < 1.29 is 18.7 Å². The molecule has 0 spiro atoms. The van der Waals surface area contributed by atoms with Crippen LogP contribution in [0.1, 0.15) is 18.1 Å². The number of furan rings is 1. The molecule has 1 aromatic heterocycles. The first-order valence-electron chi connectivity index (χ1n) is 7.14. The van der Waals surface area contributed by atoms with Crippen LogP contribution in [0.15, 0.2) is 47.3 Å². The molecule has 1 aromatic carbocycles. The van der Waals surface area contributed by atoms with E-state index in [4.69, 9.17) is 13.9 Å². The topological polar surface area (TPSA) is 51.9 Å². The monoisotopic (exact) mass is 299 g/mol. The normalized spacial score (nSPS) is 12.8. The van der Waals surface area contributed by atoms with E-state index in [0.717, 1.165) is 16.9 Å². The van der Waals surface area contributed by atoms with Gasteiger partial charge in [0.1, 0.15) is 0 Å². The molecule has 0 fully saturated rings. The summed E-state index contributed by atoms with van der Waals surface area (Å²) in [4.78, 5) is 14.0. The first kappa shape index (κ1) is 14.3. The predicted molar refractivity (Wildman–Crippen MR) is 81.4 cm³/mol. The second-order valence-electron chi connectivity index (χ2n) is 4.93. The van der Waals surface area contributed by atoms with Crippen LogP contribution in [0, 0.1) is 0 Å². The maximum atomic E-state index is 12.3. The number of hydrogen-bond donors (Lipinski definition) is 0. The number of carbonyl (C=O) groups excluding carboxylic acids is 1. The maximum absolute atomic E-state index is 12.3. The third-order valence-corrected chi connectivity index (χ3v) is 3.46. The lowest BCUT2D eigenvalue weighted by molar-refractivity contribution is -0.126. The number of fused-ring (bicyclic) bond motifs is 1. The zero-order chi connectivity index (χ0) is 15.4. The largest absolute Gasteiger partial charge is 0.472 e. The highest BCUT2D eigenvalue weighted by atomic mass is 16.7. The summed E-state index contributed by atoms with van der Waals surface area (Å²) < 4.78 is 15.6. The predicted octanol–water partition coefficient (Wildman–Crippen LogP) is 3.07. The van der Waals surface area contributed by atoms with Crippen molar-refractivity contribution in [1.29, 1.82) is 0 Å². The van der Waals surface area contributed by atoms with Gasteiger partial charge in [-0.05, 0) is 36.8 Å². The van der Waals surface area contributed by atoms with Crippen LogP contribution in [0.2, 0.25) is 0 Å². The summed E-state index contributed by atoms with van der Waals surface area (Å²) in [6.45, 7) is 3.37. The van der Waals surface area contributed by atoms with Crippen LogP contribution in [0.3, 0.4) is 0 Å². The van der Waals surface area contributed by atoms with Gasteiger partial charge in [0.05, 0.1) is 12.5 Å². The zero-order valence-electron chi connectivity index (χ0n) is 12.3. The molecule has 1 amide bonds. The number of hydrogen-bond acceptors (Lipinski definition) is 4. The molecule has 2 heterocycles. The highest BCUT2D eigenvalue weighted by Crippen LogP contribution is 2.32. The van der Waals surface area contributed by atoms with E-state index in [2.05, 4.69) is 0 Å². The van der Waals surface area contributed by atoms with E-state index in [1.165, 1.54) is 0 Å². The van der Waals surface area contributed by atoms with Crippen molar-refractivity contribution in [2.24, 2.45) is 0 Å². The summed E-state index contributed by atoms with van der Waals surface area (Å²) in [5.41, 5.74) is 1.88. The van der Waals surface area contributed by atoms with Gasteiger partial charge in [-0.15, -0.1) is 0 Å². The fraction of sp³-hybridized carbons (Fsp3) is 0.235.